The Morgan fingerprint density at radius 1 is 1.15 bits per heavy atom. The van der Waals surface area contributed by atoms with Gasteiger partial charge in [-0.25, -0.2) is 13.1 Å². The molecule has 0 saturated heterocycles. The fourth-order valence-corrected chi connectivity index (χ4v) is 3.72. The van der Waals surface area contributed by atoms with Crippen LogP contribution in [0.2, 0.25) is 0 Å². The van der Waals surface area contributed by atoms with Gasteiger partial charge >= 0.3 is 0 Å². The summed E-state index contributed by atoms with van der Waals surface area (Å²) >= 11 is 0. The zero-order valence-electron chi connectivity index (χ0n) is 14.2. The summed E-state index contributed by atoms with van der Waals surface area (Å²) in [6, 6.07) is 12.9. The number of nitrogens with zero attached hydrogens (tertiary/aromatic N) is 1. The maximum Gasteiger partial charge on any atom is 0.265 e. The lowest BCUT2D eigenvalue weighted by atomic mass is 10.2. The van der Waals surface area contributed by atoms with Crippen LogP contribution in [0.25, 0.3) is 10.8 Å². The van der Waals surface area contributed by atoms with Gasteiger partial charge in [-0.15, -0.1) is 0 Å². The van der Waals surface area contributed by atoms with Crippen molar-refractivity contribution in [3.05, 3.63) is 66.5 Å². The second kappa shape index (κ2) is 7.53. The van der Waals surface area contributed by atoms with Gasteiger partial charge in [-0.05, 0) is 36.8 Å². The number of benzene rings is 2. The molecule has 1 aromatic heterocycles. The number of hydrogen-bond acceptors (Lipinski definition) is 5. The van der Waals surface area contributed by atoms with Gasteiger partial charge in [0, 0.05) is 28.7 Å². The van der Waals surface area contributed by atoms with Crippen molar-refractivity contribution in [1.82, 2.24) is 9.71 Å². The Bertz CT molecular complexity index is 1040. The van der Waals surface area contributed by atoms with Gasteiger partial charge < -0.3 is 4.74 Å². The van der Waals surface area contributed by atoms with Gasteiger partial charge in [0.05, 0.1) is 11.5 Å². The van der Waals surface area contributed by atoms with Crippen molar-refractivity contribution in [1.29, 1.82) is 0 Å². The van der Waals surface area contributed by atoms with E-state index in [9.17, 15) is 13.2 Å². The third-order valence-corrected chi connectivity index (χ3v) is 5.12. The standard InChI is InChI=1S/C19H18N2O4S/c1-2-11-25-16-7-3-5-14(12-16)19(22)21-26(23,24)18-8-4-6-15-13-20-10-9-17(15)18/h3-10,12-13H,2,11H2,1H3,(H,21,22). The minimum Gasteiger partial charge on any atom is -0.494 e. The van der Waals surface area contributed by atoms with Gasteiger partial charge in [-0.1, -0.05) is 25.1 Å². The lowest BCUT2D eigenvalue weighted by Gasteiger charge is -2.10. The number of fused-ring (bicyclic) bond motifs is 1. The number of carbonyl (C=O) groups is 1. The van der Waals surface area contributed by atoms with Crippen molar-refractivity contribution in [3.63, 3.8) is 0 Å². The zero-order valence-corrected chi connectivity index (χ0v) is 15.0. The van der Waals surface area contributed by atoms with Crippen LogP contribution >= 0.6 is 0 Å². The monoisotopic (exact) mass is 370 g/mol. The van der Waals surface area contributed by atoms with E-state index in [-0.39, 0.29) is 10.5 Å². The normalized spacial score (nSPS) is 11.3. The van der Waals surface area contributed by atoms with Crippen LogP contribution in [0.15, 0.2) is 65.8 Å². The molecule has 0 spiro atoms. The first-order valence-corrected chi connectivity index (χ1v) is 9.62. The first-order valence-electron chi connectivity index (χ1n) is 8.14. The summed E-state index contributed by atoms with van der Waals surface area (Å²) in [4.78, 5) is 16.5. The van der Waals surface area contributed by atoms with E-state index in [0.29, 0.717) is 23.1 Å². The van der Waals surface area contributed by atoms with Gasteiger partial charge in [-0.2, -0.15) is 0 Å². The summed E-state index contributed by atoms with van der Waals surface area (Å²) in [6.07, 6.45) is 3.92. The first kappa shape index (κ1) is 17.9. The summed E-state index contributed by atoms with van der Waals surface area (Å²) < 4.78 is 33.0. The van der Waals surface area contributed by atoms with E-state index in [1.165, 1.54) is 24.4 Å². The molecule has 0 saturated carbocycles. The molecule has 7 heteroatoms. The van der Waals surface area contributed by atoms with E-state index in [0.717, 1.165) is 6.42 Å². The molecule has 1 N–H and O–H groups in total. The van der Waals surface area contributed by atoms with Crippen LogP contribution in [-0.4, -0.2) is 25.9 Å². The van der Waals surface area contributed by atoms with Crippen molar-refractivity contribution in [3.8, 4) is 5.75 Å². The van der Waals surface area contributed by atoms with Crippen LogP contribution < -0.4 is 9.46 Å². The lowest BCUT2D eigenvalue weighted by Crippen LogP contribution is -2.30. The highest BCUT2D eigenvalue weighted by atomic mass is 32.2. The van der Waals surface area contributed by atoms with E-state index in [4.69, 9.17) is 4.74 Å². The molecule has 0 aliphatic rings. The SMILES string of the molecule is CCCOc1cccc(C(=O)NS(=O)(=O)c2cccc3cnccc23)c1. The first-order chi connectivity index (χ1) is 12.5. The number of hydrogen-bond donors (Lipinski definition) is 1. The zero-order chi connectivity index (χ0) is 18.6. The maximum absolute atomic E-state index is 12.7. The van der Waals surface area contributed by atoms with Crippen LogP contribution in [-0.2, 0) is 10.0 Å². The van der Waals surface area contributed by atoms with Gasteiger partial charge in [0.15, 0.2) is 0 Å². The molecule has 1 amide bonds. The predicted molar refractivity (Wildman–Crippen MR) is 98.6 cm³/mol. The van der Waals surface area contributed by atoms with Crippen molar-refractivity contribution in [2.75, 3.05) is 6.61 Å². The predicted octanol–water partition coefficient (Wildman–Crippen LogP) is 3.14. The smallest absolute Gasteiger partial charge is 0.265 e. The van der Waals surface area contributed by atoms with E-state index in [1.54, 1.807) is 36.5 Å². The van der Waals surface area contributed by atoms with Crippen molar-refractivity contribution in [2.45, 2.75) is 18.2 Å². The van der Waals surface area contributed by atoms with Crippen LogP contribution in [0.4, 0.5) is 0 Å². The Morgan fingerprint density at radius 3 is 2.77 bits per heavy atom. The second-order valence-electron chi connectivity index (χ2n) is 5.66. The number of pyridine rings is 1. The number of nitrogens with one attached hydrogen (secondary N) is 1. The van der Waals surface area contributed by atoms with Crippen molar-refractivity contribution in [2.24, 2.45) is 0 Å². The number of amides is 1. The van der Waals surface area contributed by atoms with Gasteiger partial charge in [0.1, 0.15) is 5.75 Å². The molecule has 0 aliphatic carbocycles. The fraction of sp³-hybridized carbons (Fsp3) is 0.158. The quantitative estimate of drug-likeness (QED) is 0.720. The summed E-state index contributed by atoms with van der Waals surface area (Å²) in [5, 5.41) is 1.18. The van der Waals surface area contributed by atoms with E-state index < -0.39 is 15.9 Å². The highest BCUT2D eigenvalue weighted by Crippen LogP contribution is 2.22. The molecule has 0 bridgehead atoms. The molecule has 0 fully saturated rings. The third-order valence-electron chi connectivity index (χ3n) is 3.73. The molecule has 134 valence electrons. The molecule has 0 radical (unpaired) electrons. The molecule has 0 aliphatic heterocycles. The number of sulfonamides is 1. The highest BCUT2D eigenvalue weighted by Gasteiger charge is 2.21. The summed E-state index contributed by atoms with van der Waals surface area (Å²) in [7, 11) is -4.03. The largest absolute Gasteiger partial charge is 0.494 e. The van der Waals surface area contributed by atoms with Crippen LogP contribution in [0.1, 0.15) is 23.7 Å². The minimum absolute atomic E-state index is 0.0316. The summed E-state index contributed by atoms with van der Waals surface area (Å²) in [6.45, 7) is 2.50. The topological polar surface area (TPSA) is 85.4 Å². The Kier molecular flexibility index (Phi) is 5.18. The van der Waals surface area contributed by atoms with Crippen molar-refractivity contribution < 1.29 is 17.9 Å². The van der Waals surface area contributed by atoms with Gasteiger partial charge in [0.2, 0.25) is 0 Å². The number of aromatic nitrogens is 1. The average Bonchev–Trinajstić information content (AvgIpc) is 2.65. The molecular weight excluding hydrogens is 352 g/mol. The molecule has 6 nitrogen and oxygen atoms in total. The molecule has 2 aromatic carbocycles. The summed E-state index contributed by atoms with van der Waals surface area (Å²) in [5.41, 5.74) is 0.212. The average molecular weight is 370 g/mol. The lowest BCUT2D eigenvalue weighted by molar-refractivity contribution is 0.0981. The van der Waals surface area contributed by atoms with Crippen LogP contribution in [0.3, 0.4) is 0 Å². The minimum atomic E-state index is -4.03. The Labute approximate surface area is 151 Å². The molecule has 0 atom stereocenters. The molecule has 3 rings (SSSR count). The molecule has 26 heavy (non-hydrogen) atoms. The van der Waals surface area contributed by atoms with Crippen molar-refractivity contribution >= 4 is 26.7 Å². The summed E-state index contributed by atoms with van der Waals surface area (Å²) in [5.74, 6) is -0.189. The highest BCUT2D eigenvalue weighted by molar-refractivity contribution is 7.90. The number of rotatable bonds is 6. The molecule has 1 heterocycles. The third kappa shape index (κ3) is 3.83. The Hall–Kier alpha value is -2.93. The van der Waals surface area contributed by atoms with Crippen LogP contribution in [0, 0.1) is 0 Å². The van der Waals surface area contributed by atoms with E-state index in [2.05, 4.69) is 9.71 Å². The fourth-order valence-electron chi connectivity index (χ4n) is 2.51. The van der Waals surface area contributed by atoms with E-state index in [1.807, 2.05) is 6.92 Å². The molecule has 3 aromatic rings. The second-order valence-corrected chi connectivity index (χ2v) is 7.31. The Morgan fingerprint density at radius 2 is 1.96 bits per heavy atom. The van der Waals surface area contributed by atoms with Gasteiger partial charge in [-0.3, -0.25) is 9.78 Å². The van der Waals surface area contributed by atoms with Gasteiger partial charge in [0.25, 0.3) is 15.9 Å². The van der Waals surface area contributed by atoms with E-state index >= 15 is 0 Å². The number of ether oxygens (including phenoxy) is 1. The Balaban J connectivity index is 1.88. The number of carbonyl (C=O) groups excluding carboxylic acids is 1. The molecule has 0 unspecified atom stereocenters. The van der Waals surface area contributed by atoms with Crippen LogP contribution in [0.5, 0.6) is 5.75 Å². The maximum atomic E-state index is 12.7. The molecular formula is C19H18N2O4S.